The van der Waals surface area contributed by atoms with Crippen LogP contribution in [0.25, 0.3) is 0 Å². The summed E-state index contributed by atoms with van der Waals surface area (Å²) in [6, 6.07) is 0. The molecule has 0 amide bonds. The second kappa shape index (κ2) is 34.2. The zero-order valence-corrected chi connectivity index (χ0v) is 24.9. The molecule has 0 aromatic heterocycles. The van der Waals surface area contributed by atoms with E-state index in [1.54, 1.807) is 0 Å². The van der Waals surface area contributed by atoms with Crippen molar-refractivity contribution in [2.45, 2.75) is 199 Å². The van der Waals surface area contributed by atoms with Gasteiger partial charge >= 0.3 is 0 Å². The van der Waals surface area contributed by atoms with E-state index in [9.17, 15) is 0 Å². The van der Waals surface area contributed by atoms with E-state index in [2.05, 4.69) is 0 Å². The second-order valence-corrected chi connectivity index (χ2v) is 11.8. The minimum Gasteiger partial charge on any atom is -0.396 e. The van der Waals surface area contributed by atoms with Crippen molar-refractivity contribution in [3.05, 3.63) is 0 Å². The quantitative estimate of drug-likeness (QED) is 0.0698. The van der Waals surface area contributed by atoms with Crippen LogP contribution in [0.5, 0.6) is 0 Å². The van der Waals surface area contributed by atoms with Gasteiger partial charge in [0, 0.05) is 12.5 Å². The Morgan fingerprint density at radius 3 is 0.514 bits per heavy atom. The Morgan fingerprint density at radius 1 is 0.229 bits per heavy atom. The molecule has 0 aromatic rings. The van der Waals surface area contributed by atoms with Crippen LogP contribution in [0.15, 0.2) is 0 Å². The highest BCUT2D eigenvalue weighted by molar-refractivity contribution is 6.17. The van der Waals surface area contributed by atoms with Gasteiger partial charge in [0.1, 0.15) is 0 Å². The predicted octanol–water partition coefficient (Wildman–Crippen LogP) is 12.3. The van der Waals surface area contributed by atoms with Gasteiger partial charge in [-0.25, -0.2) is 0 Å². The molecule has 1 nitrogen and oxygen atoms in total. The third-order valence-electron chi connectivity index (χ3n) is 7.79. The topological polar surface area (TPSA) is 20.2 Å². The van der Waals surface area contributed by atoms with Gasteiger partial charge in [0.15, 0.2) is 0 Å². The Morgan fingerprint density at radius 2 is 0.371 bits per heavy atom. The summed E-state index contributed by atoms with van der Waals surface area (Å²) in [5, 5.41) is 8.77. The van der Waals surface area contributed by atoms with Crippen LogP contribution >= 0.6 is 11.6 Å². The number of aliphatic hydroxyl groups excluding tert-OH is 1. The van der Waals surface area contributed by atoms with Gasteiger partial charge < -0.3 is 5.11 Å². The fraction of sp³-hybridized carbons (Fsp3) is 1.00. The molecule has 0 aliphatic carbocycles. The van der Waals surface area contributed by atoms with E-state index >= 15 is 0 Å². The first-order chi connectivity index (χ1) is 17.4. The maximum Gasteiger partial charge on any atom is 0.0431 e. The van der Waals surface area contributed by atoms with Crippen molar-refractivity contribution in [3.63, 3.8) is 0 Å². The summed E-state index contributed by atoms with van der Waals surface area (Å²) >= 11 is 5.72. The molecule has 35 heavy (non-hydrogen) atoms. The summed E-state index contributed by atoms with van der Waals surface area (Å²) in [5.41, 5.74) is 0. The van der Waals surface area contributed by atoms with Gasteiger partial charge in [-0.2, -0.15) is 0 Å². The van der Waals surface area contributed by atoms with Gasteiger partial charge in [-0.3, -0.25) is 0 Å². The minimum absolute atomic E-state index is 0.373. The zero-order chi connectivity index (χ0) is 25.3. The van der Waals surface area contributed by atoms with Crippen LogP contribution in [0, 0.1) is 0 Å². The lowest BCUT2D eigenvalue weighted by Crippen LogP contribution is -1.85. The van der Waals surface area contributed by atoms with E-state index in [4.69, 9.17) is 16.7 Å². The summed E-state index contributed by atoms with van der Waals surface area (Å²) < 4.78 is 0. The minimum atomic E-state index is 0.373. The van der Waals surface area contributed by atoms with Crippen molar-refractivity contribution in [2.24, 2.45) is 0 Å². The van der Waals surface area contributed by atoms with Crippen LogP contribution in [-0.2, 0) is 0 Å². The molecular formula is C33H67ClO. The number of alkyl halides is 1. The SMILES string of the molecule is OCCCCCCCCCCCCCCCCCCCCCCCCCCCCCCCCCCl. The molecule has 2 heteroatoms. The van der Waals surface area contributed by atoms with Crippen molar-refractivity contribution in [3.8, 4) is 0 Å². The molecule has 0 bridgehead atoms. The molecular weight excluding hydrogens is 448 g/mol. The van der Waals surface area contributed by atoms with Crippen molar-refractivity contribution >= 4 is 11.6 Å². The van der Waals surface area contributed by atoms with Crippen LogP contribution in [0.1, 0.15) is 199 Å². The zero-order valence-electron chi connectivity index (χ0n) is 24.2. The molecule has 0 saturated carbocycles. The molecule has 0 fully saturated rings. The highest BCUT2D eigenvalue weighted by Gasteiger charge is 1.97. The van der Waals surface area contributed by atoms with Crippen LogP contribution in [0.2, 0.25) is 0 Å². The molecule has 0 heterocycles. The monoisotopic (exact) mass is 514 g/mol. The number of hydrogen-bond donors (Lipinski definition) is 1. The second-order valence-electron chi connectivity index (χ2n) is 11.4. The largest absolute Gasteiger partial charge is 0.396 e. The highest BCUT2D eigenvalue weighted by Crippen LogP contribution is 2.16. The maximum absolute atomic E-state index is 8.77. The Kier molecular flexibility index (Phi) is 34.5. The lowest BCUT2D eigenvalue weighted by molar-refractivity contribution is 0.282. The molecule has 0 atom stereocenters. The van der Waals surface area contributed by atoms with E-state index in [-0.39, 0.29) is 0 Å². The first-order valence-electron chi connectivity index (χ1n) is 16.6. The lowest BCUT2D eigenvalue weighted by Gasteiger charge is -2.04. The predicted molar refractivity (Wildman–Crippen MR) is 161 cm³/mol. The van der Waals surface area contributed by atoms with Gasteiger partial charge in [0.25, 0.3) is 0 Å². The summed E-state index contributed by atoms with van der Waals surface area (Å²) in [5.74, 6) is 0.843. The number of unbranched alkanes of at least 4 members (excludes halogenated alkanes) is 30. The Balaban J connectivity index is 3.00. The molecule has 1 N–H and O–H groups in total. The van der Waals surface area contributed by atoms with Crippen LogP contribution in [0.3, 0.4) is 0 Å². The summed E-state index contributed by atoms with van der Waals surface area (Å²) in [6.07, 6.45) is 43.9. The smallest absolute Gasteiger partial charge is 0.0431 e. The number of aliphatic hydroxyl groups is 1. The number of hydrogen-bond acceptors (Lipinski definition) is 1. The first-order valence-corrected chi connectivity index (χ1v) is 17.1. The summed E-state index contributed by atoms with van der Waals surface area (Å²) in [4.78, 5) is 0. The molecule has 0 aromatic carbocycles. The van der Waals surface area contributed by atoms with E-state index in [0.717, 1.165) is 12.3 Å². The average Bonchev–Trinajstić information content (AvgIpc) is 2.87. The van der Waals surface area contributed by atoms with Gasteiger partial charge in [0.05, 0.1) is 0 Å². The summed E-state index contributed by atoms with van der Waals surface area (Å²) in [7, 11) is 0. The van der Waals surface area contributed by atoms with E-state index in [1.807, 2.05) is 0 Å². The normalized spacial score (nSPS) is 11.5. The highest BCUT2D eigenvalue weighted by atomic mass is 35.5. The standard InChI is InChI=1S/C33H67ClO/c34-32-30-28-26-24-22-20-18-16-14-12-10-8-6-4-2-1-3-5-7-9-11-13-15-17-19-21-23-25-27-29-31-33-35/h35H,1-33H2. The lowest BCUT2D eigenvalue weighted by atomic mass is 10.0. The molecule has 0 radical (unpaired) electrons. The molecule has 212 valence electrons. The number of halogens is 1. The molecule has 0 saturated heterocycles. The van der Waals surface area contributed by atoms with E-state index in [0.29, 0.717) is 6.61 Å². The van der Waals surface area contributed by atoms with Crippen molar-refractivity contribution in [2.75, 3.05) is 12.5 Å². The van der Waals surface area contributed by atoms with Gasteiger partial charge in [-0.15, -0.1) is 11.6 Å². The fourth-order valence-corrected chi connectivity index (χ4v) is 5.52. The molecule has 0 rings (SSSR count). The Hall–Kier alpha value is 0.250. The third-order valence-corrected chi connectivity index (χ3v) is 8.06. The van der Waals surface area contributed by atoms with Crippen LogP contribution in [-0.4, -0.2) is 17.6 Å². The summed E-state index contributed by atoms with van der Waals surface area (Å²) in [6.45, 7) is 0.373. The number of rotatable bonds is 32. The van der Waals surface area contributed by atoms with Crippen molar-refractivity contribution in [1.29, 1.82) is 0 Å². The van der Waals surface area contributed by atoms with Gasteiger partial charge in [-0.1, -0.05) is 186 Å². The molecule has 0 unspecified atom stereocenters. The van der Waals surface area contributed by atoms with Gasteiger partial charge in [-0.05, 0) is 12.8 Å². The molecule has 0 aliphatic rings. The third kappa shape index (κ3) is 34.2. The van der Waals surface area contributed by atoms with Crippen LogP contribution in [0.4, 0.5) is 0 Å². The van der Waals surface area contributed by atoms with Crippen molar-refractivity contribution < 1.29 is 5.11 Å². The van der Waals surface area contributed by atoms with E-state index in [1.165, 1.54) is 193 Å². The first kappa shape index (κ1) is 35.2. The Bertz CT molecular complexity index is 314. The van der Waals surface area contributed by atoms with Crippen LogP contribution < -0.4 is 0 Å². The van der Waals surface area contributed by atoms with Gasteiger partial charge in [0.2, 0.25) is 0 Å². The van der Waals surface area contributed by atoms with Crippen molar-refractivity contribution in [1.82, 2.24) is 0 Å². The average molecular weight is 515 g/mol. The fourth-order valence-electron chi connectivity index (χ4n) is 5.33. The maximum atomic E-state index is 8.77. The Labute approximate surface area is 228 Å². The molecule has 0 spiro atoms. The van der Waals surface area contributed by atoms with E-state index < -0.39 is 0 Å². The molecule has 0 aliphatic heterocycles.